The highest BCUT2D eigenvalue weighted by atomic mass is 31.2. The molecule has 0 saturated carbocycles. The number of phosphoric ester groups is 1. The van der Waals surface area contributed by atoms with Gasteiger partial charge in [0.1, 0.15) is 17.1 Å². The summed E-state index contributed by atoms with van der Waals surface area (Å²) < 4.78 is 17.8. The Balaban J connectivity index is 1.81. The van der Waals surface area contributed by atoms with Crippen LogP contribution in [-0.2, 0) is 17.5 Å². The fourth-order valence-corrected chi connectivity index (χ4v) is 3.97. The number of phosphoric acid groups is 1. The van der Waals surface area contributed by atoms with Gasteiger partial charge in [-0.25, -0.2) is 14.5 Å². The lowest BCUT2D eigenvalue weighted by Crippen LogP contribution is -2.06. The number of rotatable bonds is 7. The average molecular weight is 426 g/mol. The van der Waals surface area contributed by atoms with Gasteiger partial charge in [-0.3, -0.25) is 9.79 Å². The summed E-state index contributed by atoms with van der Waals surface area (Å²) in [5, 5.41) is 0.985. The molecule has 0 bridgehead atoms. The van der Waals surface area contributed by atoms with Crippen molar-refractivity contribution in [3.8, 4) is 5.75 Å². The number of imidazole rings is 1. The Hall–Kier alpha value is -2.93. The van der Waals surface area contributed by atoms with Crippen LogP contribution in [0.25, 0.3) is 21.9 Å². The first kappa shape index (κ1) is 20.3. The van der Waals surface area contributed by atoms with Crippen LogP contribution in [0.4, 0.5) is 5.82 Å². The van der Waals surface area contributed by atoms with Crippen molar-refractivity contribution in [1.82, 2.24) is 14.5 Å². The predicted octanol–water partition coefficient (Wildman–Crippen LogP) is 4.03. The molecule has 2 aromatic carbocycles. The molecule has 9 heteroatoms. The van der Waals surface area contributed by atoms with Crippen molar-refractivity contribution in [3.63, 3.8) is 0 Å². The normalized spacial score (nSPS) is 12.0. The summed E-state index contributed by atoms with van der Waals surface area (Å²) in [6.07, 6.45) is 2.87. The maximum atomic E-state index is 11.0. The molecule has 0 aliphatic carbocycles. The van der Waals surface area contributed by atoms with E-state index < -0.39 is 7.82 Å². The molecule has 0 fully saturated rings. The lowest BCUT2D eigenvalue weighted by molar-refractivity contribution is 0.283. The molecule has 0 aliphatic rings. The number of para-hydroxylation sites is 1. The van der Waals surface area contributed by atoms with Crippen LogP contribution < -0.4 is 10.3 Å². The molecule has 2 aromatic heterocycles. The quantitative estimate of drug-likeness (QED) is 0.381. The van der Waals surface area contributed by atoms with Gasteiger partial charge in [0, 0.05) is 18.4 Å². The smallest absolute Gasteiger partial charge is 0.404 e. The van der Waals surface area contributed by atoms with Crippen LogP contribution in [0.1, 0.15) is 31.2 Å². The van der Waals surface area contributed by atoms with Gasteiger partial charge < -0.3 is 14.8 Å². The zero-order valence-electron chi connectivity index (χ0n) is 16.5. The third-order valence-electron chi connectivity index (χ3n) is 4.93. The zero-order valence-corrected chi connectivity index (χ0v) is 17.4. The Morgan fingerprint density at radius 2 is 1.83 bits per heavy atom. The second-order valence-corrected chi connectivity index (χ2v) is 8.32. The van der Waals surface area contributed by atoms with E-state index in [1.165, 1.54) is 0 Å². The van der Waals surface area contributed by atoms with Crippen molar-refractivity contribution >= 4 is 35.6 Å². The first-order valence-electron chi connectivity index (χ1n) is 9.73. The Kier molecular flexibility index (Phi) is 5.47. The third-order valence-corrected chi connectivity index (χ3v) is 5.38. The molecular formula is C21H23N4O4P. The molecule has 156 valence electrons. The van der Waals surface area contributed by atoms with Gasteiger partial charge in [0.2, 0.25) is 0 Å². The van der Waals surface area contributed by atoms with Crippen molar-refractivity contribution in [3.05, 3.63) is 59.9 Å². The average Bonchev–Trinajstić information content (AvgIpc) is 3.06. The number of nitrogens with zero attached hydrogens (tertiary/aromatic N) is 3. The molecule has 0 amide bonds. The fraction of sp³-hybridized carbons (Fsp3) is 0.238. The number of aromatic nitrogens is 3. The van der Waals surface area contributed by atoms with E-state index in [2.05, 4.69) is 21.0 Å². The first-order chi connectivity index (χ1) is 14.4. The molecule has 4 rings (SSSR count). The van der Waals surface area contributed by atoms with Gasteiger partial charge >= 0.3 is 7.82 Å². The molecule has 0 atom stereocenters. The van der Waals surface area contributed by atoms with E-state index in [0.29, 0.717) is 17.9 Å². The number of nitrogen functional groups attached to an aromatic ring is 1. The molecule has 2 heterocycles. The van der Waals surface area contributed by atoms with Crippen molar-refractivity contribution in [2.45, 2.75) is 32.7 Å². The molecular weight excluding hydrogens is 403 g/mol. The topological polar surface area (TPSA) is 123 Å². The Bertz CT molecular complexity index is 1250. The van der Waals surface area contributed by atoms with Crippen LogP contribution in [0.5, 0.6) is 5.75 Å². The number of hydrogen-bond donors (Lipinski definition) is 3. The Labute approximate surface area is 173 Å². The molecule has 30 heavy (non-hydrogen) atoms. The number of pyridine rings is 1. The molecule has 0 saturated heterocycles. The number of aryl methyl sites for hydroxylation is 1. The molecule has 0 spiro atoms. The molecule has 8 nitrogen and oxygen atoms in total. The Morgan fingerprint density at radius 3 is 2.53 bits per heavy atom. The van der Waals surface area contributed by atoms with E-state index in [9.17, 15) is 4.57 Å². The zero-order chi connectivity index (χ0) is 21.3. The van der Waals surface area contributed by atoms with Crippen molar-refractivity contribution in [2.75, 3.05) is 5.73 Å². The summed E-state index contributed by atoms with van der Waals surface area (Å²) in [5.74, 6) is 1.46. The Morgan fingerprint density at radius 1 is 1.10 bits per heavy atom. The standard InChI is InChI=1S/C21H23N4O4P/c1-2-3-8-18-24-19-20(16-6-4-5-7-17(16)23-21(19)22)25(18)13-14-9-11-15(12-10-14)29-30(26,27)28/h4-7,9-12H,2-3,8,13H2,1H3,(H2,22,23)(H2,26,27,28). The van der Waals surface area contributed by atoms with E-state index >= 15 is 0 Å². The summed E-state index contributed by atoms with van der Waals surface area (Å²) in [6, 6.07) is 14.5. The molecule has 0 unspecified atom stereocenters. The fourth-order valence-electron chi connectivity index (χ4n) is 3.58. The number of fused-ring (bicyclic) bond motifs is 3. The first-order valence-corrected chi connectivity index (χ1v) is 11.3. The number of nitrogens with two attached hydrogens (primary N) is 1. The summed E-state index contributed by atoms with van der Waals surface area (Å²) in [7, 11) is -4.58. The summed E-state index contributed by atoms with van der Waals surface area (Å²) in [4.78, 5) is 27.3. The van der Waals surface area contributed by atoms with E-state index in [-0.39, 0.29) is 5.75 Å². The van der Waals surface area contributed by atoms with Gasteiger partial charge in [-0.15, -0.1) is 0 Å². The number of benzene rings is 2. The molecule has 4 aromatic rings. The lowest BCUT2D eigenvalue weighted by Gasteiger charge is -2.12. The minimum Gasteiger partial charge on any atom is -0.404 e. The lowest BCUT2D eigenvalue weighted by atomic mass is 10.1. The molecule has 0 aliphatic heterocycles. The van der Waals surface area contributed by atoms with Crippen molar-refractivity contribution in [2.24, 2.45) is 0 Å². The van der Waals surface area contributed by atoms with Crippen molar-refractivity contribution in [1.29, 1.82) is 0 Å². The monoisotopic (exact) mass is 426 g/mol. The number of hydrogen-bond acceptors (Lipinski definition) is 5. The van der Waals surface area contributed by atoms with Gasteiger partial charge in [-0.1, -0.05) is 43.7 Å². The minimum absolute atomic E-state index is 0.118. The minimum atomic E-state index is -4.58. The second kappa shape index (κ2) is 8.07. The highest BCUT2D eigenvalue weighted by Gasteiger charge is 2.18. The second-order valence-electron chi connectivity index (χ2n) is 7.15. The van der Waals surface area contributed by atoms with E-state index in [0.717, 1.165) is 47.1 Å². The van der Waals surface area contributed by atoms with E-state index in [1.807, 2.05) is 24.3 Å². The van der Waals surface area contributed by atoms with Crippen LogP contribution in [0.3, 0.4) is 0 Å². The maximum absolute atomic E-state index is 11.0. The maximum Gasteiger partial charge on any atom is 0.524 e. The van der Waals surface area contributed by atoms with Crippen LogP contribution in [0.15, 0.2) is 48.5 Å². The van der Waals surface area contributed by atoms with Crippen LogP contribution in [0.2, 0.25) is 0 Å². The third kappa shape index (κ3) is 4.16. The van der Waals surface area contributed by atoms with Gasteiger partial charge in [-0.05, 0) is 30.2 Å². The van der Waals surface area contributed by atoms with E-state index in [1.54, 1.807) is 24.3 Å². The summed E-state index contributed by atoms with van der Waals surface area (Å²) >= 11 is 0. The van der Waals surface area contributed by atoms with E-state index in [4.69, 9.17) is 20.5 Å². The van der Waals surface area contributed by atoms with Gasteiger partial charge in [0.05, 0.1) is 11.0 Å². The highest BCUT2D eigenvalue weighted by molar-refractivity contribution is 7.46. The molecule has 0 radical (unpaired) electrons. The predicted molar refractivity (Wildman–Crippen MR) is 116 cm³/mol. The SMILES string of the molecule is CCCCc1nc2c(N)nc3ccccc3c2n1Cc1ccc(OP(=O)(O)O)cc1. The van der Waals surface area contributed by atoms with Crippen LogP contribution in [-0.4, -0.2) is 24.3 Å². The number of unbranched alkanes of at least 4 members (excludes halogenated alkanes) is 1. The van der Waals surface area contributed by atoms with Gasteiger partial charge in [0.25, 0.3) is 0 Å². The van der Waals surface area contributed by atoms with Crippen LogP contribution in [0, 0.1) is 0 Å². The number of anilines is 1. The summed E-state index contributed by atoms with van der Waals surface area (Å²) in [5.41, 5.74) is 9.63. The largest absolute Gasteiger partial charge is 0.524 e. The van der Waals surface area contributed by atoms with Crippen molar-refractivity contribution < 1.29 is 18.9 Å². The molecule has 4 N–H and O–H groups in total. The highest BCUT2D eigenvalue weighted by Crippen LogP contribution is 2.37. The summed E-state index contributed by atoms with van der Waals surface area (Å²) in [6.45, 7) is 2.68. The van der Waals surface area contributed by atoms with Crippen LogP contribution >= 0.6 is 7.82 Å². The van der Waals surface area contributed by atoms with Gasteiger partial charge in [0.15, 0.2) is 5.82 Å². The van der Waals surface area contributed by atoms with Gasteiger partial charge in [-0.2, -0.15) is 0 Å².